The zero-order chi connectivity index (χ0) is 13.3. The van der Waals surface area contributed by atoms with E-state index in [1.165, 1.54) is 20.4 Å². The van der Waals surface area contributed by atoms with E-state index in [0.29, 0.717) is 10.2 Å². The van der Waals surface area contributed by atoms with Crippen molar-refractivity contribution in [2.24, 2.45) is 7.05 Å². The van der Waals surface area contributed by atoms with Crippen LogP contribution in [0.2, 0.25) is 0 Å². The van der Waals surface area contributed by atoms with E-state index in [0.717, 1.165) is 0 Å². The van der Waals surface area contributed by atoms with Crippen LogP contribution in [0.15, 0.2) is 18.3 Å². The highest BCUT2D eigenvalue weighted by Crippen LogP contribution is 2.31. The number of aryl methyl sites for hydroxylation is 1. The number of pyridine rings is 1. The maximum atomic E-state index is 12.6. The number of hydrogen-bond donors (Lipinski definition) is 0. The number of hydrogen-bond acceptors (Lipinski definition) is 4. The van der Waals surface area contributed by atoms with Gasteiger partial charge in [0.05, 0.1) is 12.7 Å². The molecule has 0 unspecified atom stereocenters. The number of halogens is 3. The van der Waals surface area contributed by atoms with Gasteiger partial charge in [-0.3, -0.25) is 0 Å². The molecule has 0 saturated carbocycles. The Hall–Kier alpha value is -2.12. The molecule has 0 fully saturated rings. The van der Waals surface area contributed by atoms with Crippen LogP contribution in [-0.2, 0) is 13.2 Å². The molecule has 0 N–H and O–H groups in total. The van der Waals surface area contributed by atoms with E-state index < -0.39 is 12.0 Å². The van der Waals surface area contributed by atoms with E-state index in [9.17, 15) is 13.2 Å². The van der Waals surface area contributed by atoms with Crippen molar-refractivity contribution in [2.45, 2.75) is 6.18 Å². The monoisotopic (exact) mass is 258 g/mol. The molecule has 96 valence electrons. The van der Waals surface area contributed by atoms with Crippen LogP contribution < -0.4 is 4.74 Å². The quantitative estimate of drug-likeness (QED) is 0.825. The van der Waals surface area contributed by atoms with Crippen molar-refractivity contribution in [1.82, 2.24) is 19.7 Å². The van der Waals surface area contributed by atoms with Gasteiger partial charge in [0.2, 0.25) is 11.7 Å². The van der Waals surface area contributed by atoms with Gasteiger partial charge in [-0.1, -0.05) is 0 Å². The van der Waals surface area contributed by atoms with Crippen molar-refractivity contribution in [3.63, 3.8) is 0 Å². The minimum atomic E-state index is -4.55. The van der Waals surface area contributed by atoms with Crippen molar-refractivity contribution in [2.75, 3.05) is 7.11 Å². The normalized spacial score (nSPS) is 11.6. The number of aromatic nitrogens is 4. The lowest BCUT2D eigenvalue weighted by Gasteiger charge is -2.03. The molecular formula is C10H9F3N4O. The smallest absolute Gasteiger partial charge is 0.451 e. The molecular weight excluding hydrogens is 249 g/mol. The van der Waals surface area contributed by atoms with Crippen LogP contribution in [0, 0.1) is 0 Å². The average Bonchev–Trinajstić information content (AvgIpc) is 2.71. The fraction of sp³-hybridized carbons (Fsp3) is 0.300. The Morgan fingerprint density at radius 2 is 2.06 bits per heavy atom. The minimum Gasteiger partial charge on any atom is -0.480 e. The molecule has 0 aromatic carbocycles. The summed E-state index contributed by atoms with van der Waals surface area (Å²) in [7, 11) is 2.56. The molecule has 0 aliphatic rings. The van der Waals surface area contributed by atoms with Crippen molar-refractivity contribution >= 4 is 0 Å². The third kappa shape index (κ3) is 2.13. The summed E-state index contributed by atoms with van der Waals surface area (Å²) < 4.78 is 43.4. The first-order valence-corrected chi connectivity index (χ1v) is 4.91. The van der Waals surface area contributed by atoms with Gasteiger partial charge in [-0.15, -0.1) is 0 Å². The average molecular weight is 258 g/mol. The van der Waals surface area contributed by atoms with Gasteiger partial charge < -0.3 is 4.74 Å². The summed E-state index contributed by atoms with van der Waals surface area (Å²) in [6, 6.07) is 3.11. The Bertz CT molecular complexity index is 564. The molecule has 0 saturated heterocycles. The number of methoxy groups -OCH3 is 1. The highest BCUT2D eigenvalue weighted by Gasteiger charge is 2.37. The molecule has 2 aromatic heterocycles. The standard InChI is InChI=1S/C10H9F3N4O/c1-17-9(10(11,12)13)15-7(16-17)6-4-3-5-14-8(6)18-2/h3-5H,1-2H3. The minimum absolute atomic E-state index is 0.0743. The second-order valence-corrected chi connectivity index (χ2v) is 3.44. The van der Waals surface area contributed by atoms with E-state index in [2.05, 4.69) is 15.1 Å². The molecule has 0 aliphatic carbocycles. The fourth-order valence-corrected chi connectivity index (χ4v) is 1.47. The van der Waals surface area contributed by atoms with Gasteiger partial charge in [0.1, 0.15) is 0 Å². The molecule has 0 bridgehead atoms. The Morgan fingerprint density at radius 3 is 2.61 bits per heavy atom. The van der Waals surface area contributed by atoms with Gasteiger partial charge in [-0.05, 0) is 12.1 Å². The van der Waals surface area contributed by atoms with E-state index in [4.69, 9.17) is 4.74 Å². The largest absolute Gasteiger partial charge is 0.480 e. The molecule has 0 radical (unpaired) electrons. The summed E-state index contributed by atoms with van der Waals surface area (Å²) in [6.45, 7) is 0. The van der Waals surface area contributed by atoms with Crippen LogP contribution >= 0.6 is 0 Å². The topological polar surface area (TPSA) is 52.8 Å². The van der Waals surface area contributed by atoms with Crippen LogP contribution in [0.25, 0.3) is 11.4 Å². The fourth-order valence-electron chi connectivity index (χ4n) is 1.47. The highest BCUT2D eigenvalue weighted by atomic mass is 19.4. The van der Waals surface area contributed by atoms with Crippen molar-refractivity contribution in [1.29, 1.82) is 0 Å². The maximum absolute atomic E-state index is 12.6. The summed E-state index contributed by atoms with van der Waals surface area (Å²) in [6.07, 6.45) is -3.08. The lowest BCUT2D eigenvalue weighted by Crippen LogP contribution is -2.13. The van der Waals surface area contributed by atoms with Crippen molar-refractivity contribution in [3.05, 3.63) is 24.2 Å². The van der Waals surface area contributed by atoms with Gasteiger partial charge >= 0.3 is 6.18 Å². The van der Waals surface area contributed by atoms with E-state index in [-0.39, 0.29) is 11.7 Å². The lowest BCUT2D eigenvalue weighted by molar-refractivity contribution is -0.147. The first-order chi connectivity index (χ1) is 8.43. The second kappa shape index (κ2) is 4.28. The SMILES string of the molecule is COc1ncccc1-c1nc(C(F)(F)F)n(C)n1. The highest BCUT2D eigenvalue weighted by molar-refractivity contribution is 5.60. The molecule has 2 heterocycles. The van der Waals surface area contributed by atoms with Gasteiger partial charge in [0, 0.05) is 13.2 Å². The molecule has 0 spiro atoms. The number of alkyl halides is 3. The van der Waals surface area contributed by atoms with Crippen LogP contribution in [0.5, 0.6) is 5.88 Å². The molecule has 0 atom stereocenters. The summed E-state index contributed by atoms with van der Waals surface area (Å²) in [5.41, 5.74) is 0.311. The third-order valence-corrected chi connectivity index (χ3v) is 2.22. The first-order valence-electron chi connectivity index (χ1n) is 4.91. The molecule has 2 rings (SSSR count). The van der Waals surface area contributed by atoms with Crippen LogP contribution in [0.3, 0.4) is 0 Å². The summed E-state index contributed by atoms with van der Waals surface area (Å²) in [5, 5.41) is 3.72. The van der Waals surface area contributed by atoms with Gasteiger partial charge in [-0.25, -0.2) is 14.6 Å². The van der Waals surface area contributed by atoms with Crippen molar-refractivity contribution in [3.8, 4) is 17.3 Å². The van der Waals surface area contributed by atoms with Crippen LogP contribution in [0.1, 0.15) is 5.82 Å². The second-order valence-electron chi connectivity index (χ2n) is 3.44. The Labute approximate surface area is 100 Å². The predicted octanol–water partition coefficient (Wildman–Crippen LogP) is 1.90. The van der Waals surface area contributed by atoms with Gasteiger partial charge in [0.25, 0.3) is 0 Å². The zero-order valence-corrected chi connectivity index (χ0v) is 9.56. The van der Waals surface area contributed by atoms with Crippen LogP contribution in [0.4, 0.5) is 13.2 Å². The van der Waals surface area contributed by atoms with E-state index in [1.54, 1.807) is 12.1 Å². The molecule has 0 amide bonds. The number of rotatable bonds is 2. The van der Waals surface area contributed by atoms with E-state index >= 15 is 0 Å². The number of nitrogens with zero attached hydrogens (tertiary/aromatic N) is 4. The molecule has 2 aromatic rings. The third-order valence-electron chi connectivity index (χ3n) is 2.22. The van der Waals surface area contributed by atoms with Crippen LogP contribution in [-0.4, -0.2) is 26.9 Å². The van der Waals surface area contributed by atoms with Crippen molar-refractivity contribution < 1.29 is 17.9 Å². The van der Waals surface area contributed by atoms with E-state index in [1.807, 2.05) is 0 Å². The zero-order valence-electron chi connectivity index (χ0n) is 9.56. The van der Waals surface area contributed by atoms with Gasteiger partial charge in [-0.2, -0.15) is 18.3 Å². The summed E-state index contributed by atoms with van der Waals surface area (Å²) in [5.74, 6) is -0.963. The molecule has 0 aliphatic heterocycles. The Kier molecular flexibility index (Phi) is 2.93. The van der Waals surface area contributed by atoms with Gasteiger partial charge in [0.15, 0.2) is 5.82 Å². The molecule has 8 heteroatoms. The lowest BCUT2D eigenvalue weighted by atomic mass is 10.2. The Balaban J connectivity index is 2.53. The first kappa shape index (κ1) is 12.3. The molecule has 18 heavy (non-hydrogen) atoms. The maximum Gasteiger partial charge on any atom is 0.451 e. The molecule has 5 nitrogen and oxygen atoms in total. The predicted molar refractivity (Wildman–Crippen MR) is 55.8 cm³/mol. The number of ether oxygens (including phenoxy) is 1. The summed E-state index contributed by atoms with van der Waals surface area (Å²) in [4.78, 5) is 7.35. The Morgan fingerprint density at radius 1 is 1.33 bits per heavy atom. The summed E-state index contributed by atoms with van der Waals surface area (Å²) >= 11 is 0.